The Morgan fingerprint density at radius 3 is 2.27 bits per heavy atom. The number of hydrogen-bond donors (Lipinski definition) is 2. The maximum atomic E-state index is 14.6. The second-order valence-electron chi connectivity index (χ2n) is 9.50. The minimum absolute atomic E-state index is 0.0542. The van der Waals surface area contributed by atoms with E-state index in [4.69, 9.17) is 4.74 Å². The van der Waals surface area contributed by atoms with Crippen molar-refractivity contribution >= 4 is 17.6 Å². The Morgan fingerprint density at radius 1 is 1.07 bits per heavy atom. The fourth-order valence-corrected chi connectivity index (χ4v) is 3.81. The first kappa shape index (κ1) is 28.8. The molecule has 9 nitrogen and oxygen atoms in total. The molecule has 0 spiro atoms. The van der Waals surface area contributed by atoms with Crippen LogP contribution in [-0.4, -0.2) is 49.9 Å². The normalized spacial score (nSPS) is 18.0. The molecule has 1 aliphatic rings. The lowest BCUT2D eigenvalue weighted by Gasteiger charge is -2.29. The molecule has 0 radical (unpaired) electrons. The molecular formula is C24H21F7N6O3. The number of nitrogens with zero attached hydrogens (tertiary/aromatic N) is 4. The molecule has 214 valence electrons. The summed E-state index contributed by atoms with van der Waals surface area (Å²) in [5.74, 6) is -5.40. The lowest BCUT2D eigenvalue weighted by atomic mass is 9.97. The zero-order valence-electron chi connectivity index (χ0n) is 21.0. The topological polar surface area (TPSA) is 111 Å². The molecule has 0 aliphatic carbocycles. The van der Waals surface area contributed by atoms with Crippen molar-refractivity contribution in [1.82, 2.24) is 25.1 Å². The summed E-state index contributed by atoms with van der Waals surface area (Å²) >= 11 is 0. The summed E-state index contributed by atoms with van der Waals surface area (Å²) in [5.41, 5.74) is -2.98. The van der Waals surface area contributed by atoms with Crippen molar-refractivity contribution in [1.29, 1.82) is 0 Å². The molecule has 16 heteroatoms. The summed E-state index contributed by atoms with van der Waals surface area (Å²) < 4.78 is 99.5. The smallest absolute Gasteiger partial charge is 0.451 e. The van der Waals surface area contributed by atoms with Gasteiger partial charge in [0, 0.05) is 30.2 Å². The van der Waals surface area contributed by atoms with E-state index in [1.807, 2.05) is 0 Å². The van der Waals surface area contributed by atoms with E-state index >= 15 is 0 Å². The molecule has 0 unspecified atom stereocenters. The number of ether oxygens (including phenoxy) is 1. The zero-order valence-corrected chi connectivity index (χ0v) is 21.0. The Bertz CT molecular complexity index is 1430. The van der Waals surface area contributed by atoms with Crippen LogP contribution in [0.1, 0.15) is 26.6 Å². The van der Waals surface area contributed by atoms with E-state index in [-0.39, 0.29) is 35.2 Å². The van der Waals surface area contributed by atoms with Gasteiger partial charge in [0.05, 0.1) is 24.0 Å². The van der Waals surface area contributed by atoms with Crippen LogP contribution < -0.4 is 15.4 Å². The standard InChI is InChI=1S/C24H21F7N6O3/c1-11-16(10-32-19(11)38)20(39)35-18-7-17(37(36-18)14-8-33-21(34-9-14)23(26,27)28)12-4-13(25)6-15(5-12)40-22(2,3)24(29,30)31/h4-9,11,16H,10H2,1-3H3,(H,32,38)(H,35,36,39)/t11-,16+/m1/s1. The van der Waals surface area contributed by atoms with Crippen LogP contribution in [0.3, 0.4) is 0 Å². The maximum Gasteiger partial charge on any atom is 0.451 e. The van der Waals surface area contributed by atoms with Gasteiger partial charge in [-0.1, -0.05) is 6.92 Å². The lowest BCUT2D eigenvalue weighted by molar-refractivity contribution is -0.234. The Balaban J connectivity index is 1.77. The molecule has 2 atom stereocenters. The fourth-order valence-electron chi connectivity index (χ4n) is 3.81. The first-order valence-corrected chi connectivity index (χ1v) is 11.6. The summed E-state index contributed by atoms with van der Waals surface area (Å²) in [4.78, 5) is 31.1. The number of carbonyl (C=O) groups excluding carboxylic acids is 2. The number of rotatable bonds is 6. The van der Waals surface area contributed by atoms with Gasteiger partial charge in [-0.05, 0) is 26.0 Å². The maximum absolute atomic E-state index is 14.6. The molecule has 1 aromatic carbocycles. The number of alkyl halides is 6. The predicted octanol–water partition coefficient (Wildman–Crippen LogP) is 4.53. The number of hydrogen-bond acceptors (Lipinski definition) is 6. The van der Waals surface area contributed by atoms with Crippen molar-refractivity contribution in [2.45, 2.75) is 38.7 Å². The fraction of sp³-hybridized carbons (Fsp3) is 0.375. The predicted molar refractivity (Wildman–Crippen MR) is 125 cm³/mol. The van der Waals surface area contributed by atoms with Crippen molar-refractivity contribution in [3.8, 4) is 22.7 Å². The first-order valence-electron chi connectivity index (χ1n) is 11.6. The van der Waals surface area contributed by atoms with E-state index in [9.17, 15) is 40.3 Å². The summed E-state index contributed by atoms with van der Waals surface area (Å²) in [6.45, 7) is 3.11. The van der Waals surface area contributed by atoms with Gasteiger partial charge in [-0.25, -0.2) is 19.0 Å². The molecule has 4 rings (SSSR count). The van der Waals surface area contributed by atoms with E-state index in [0.717, 1.165) is 49.1 Å². The van der Waals surface area contributed by atoms with Crippen molar-refractivity contribution in [2.75, 3.05) is 11.9 Å². The SMILES string of the molecule is C[C@H]1C(=O)NC[C@@H]1C(=O)Nc1cc(-c2cc(F)cc(OC(C)(C)C(F)(F)F)c2)n(-c2cnc(C(F)(F)F)nc2)n1. The van der Waals surface area contributed by atoms with E-state index in [0.29, 0.717) is 0 Å². The van der Waals surface area contributed by atoms with Crippen molar-refractivity contribution in [3.63, 3.8) is 0 Å². The van der Waals surface area contributed by atoms with Crippen LogP contribution in [0.15, 0.2) is 36.7 Å². The van der Waals surface area contributed by atoms with Gasteiger partial charge < -0.3 is 15.4 Å². The number of nitrogens with one attached hydrogen (secondary N) is 2. The van der Waals surface area contributed by atoms with Gasteiger partial charge in [0.1, 0.15) is 17.3 Å². The van der Waals surface area contributed by atoms with Crippen LogP contribution >= 0.6 is 0 Å². The number of aromatic nitrogens is 4. The van der Waals surface area contributed by atoms with E-state index < -0.39 is 53.1 Å². The van der Waals surface area contributed by atoms with E-state index in [1.165, 1.54) is 6.07 Å². The molecule has 2 aromatic heterocycles. The monoisotopic (exact) mass is 574 g/mol. The van der Waals surface area contributed by atoms with Crippen LogP contribution in [0, 0.1) is 17.7 Å². The molecule has 0 bridgehead atoms. The number of benzene rings is 1. The third-order valence-corrected chi connectivity index (χ3v) is 6.17. The van der Waals surface area contributed by atoms with Gasteiger partial charge in [0.25, 0.3) is 0 Å². The summed E-state index contributed by atoms with van der Waals surface area (Å²) in [6, 6.07) is 3.95. The molecule has 2 amide bonds. The second-order valence-corrected chi connectivity index (χ2v) is 9.50. The van der Waals surface area contributed by atoms with Crippen molar-refractivity contribution < 1.29 is 45.1 Å². The third kappa shape index (κ3) is 5.84. The molecule has 1 saturated heterocycles. The quantitative estimate of drug-likeness (QED) is 0.419. The van der Waals surface area contributed by atoms with Crippen molar-refractivity contribution in [2.24, 2.45) is 11.8 Å². The molecule has 3 heterocycles. The van der Waals surface area contributed by atoms with Gasteiger partial charge in [-0.2, -0.15) is 26.3 Å². The van der Waals surface area contributed by atoms with Crippen LogP contribution in [0.5, 0.6) is 5.75 Å². The highest BCUT2D eigenvalue weighted by Gasteiger charge is 2.50. The second kappa shape index (κ2) is 10.1. The van der Waals surface area contributed by atoms with Gasteiger partial charge in [-0.15, -0.1) is 5.10 Å². The van der Waals surface area contributed by atoms with Gasteiger partial charge >= 0.3 is 12.4 Å². The number of halogens is 7. The van der Waals surface area contributed by atoms with Crippen LogP contribution in [0.4, 0.5) is 36.6 Å². The molecular weight excluding hydrogens is 553 g/mol. The van der Waals surface area contributed by atoms with Gasteiger partial charge in [0.2, 0.25) is 17.6 Å². The van der Waals surface area contributed by atoms with Crippen molar-refractivity contribution in [3.05, 3.63) is 48.3 Å². The highest BCUT2D eigenvalue weighted by molar-refractivity contribution is 5.98. The minimum Gasteiger partial charge on any atom is -0.478 e. The first-order chi connectivity index (χ1) is 18.5. The Labute approximate surface area is 221 Å². The molecule has 2 N–H and O–H groups in total. The summed E-state index contributed by atoms with van der Waals surface area (Å²) in [6.07, 6.45) is -8.08. The minimum atomic E-state index is -4.84. The average Bonchev–Trinajstić information content (AvgIpc) is 3.40. The number of carbonyl (C=O) groups is 2. The number of amides is 2. The third-order valence-electron chi connectivity index (χ3n) is 6.17. The van der Waals surface area contributed by atoms with Crippen LogP contribution in [0.25, 0.3) is 16.9 Å². The van der Waals surface area contributed by atoms with Crippen LogP contribution in [0.2, 0.25) is 0 Å². The highest BCUT2D eigenvalue weighted by atomic mass is 19.4. The largest absolute Gasteiger partial charge is 0.478 e. The Morgan fingerprint density at radius 2 is 1.73 bits per heavy atom. The Hall–Kier alpha value is -4.24. The average molecular weight is 574 g/mol. The van der Waals surface area contributed by atoms with E-state index in [2.05, 4.69) is 25.7 Å². The lowest BCUT2D eigenvalue weighted by Crippen LogP contribution is -2.44. The van der Waals surface area contributed by atoms with Gasteiger partial charge in [0.15, 0.2) is 11.4 Å². The molecule has 1 aliphatic heterocycles. The highest BCUT2D eigenvalue weighted by Crippen LogP contribution is 2.37. The number of anilines is 1. The molecule has 3 aromatic rings. The molecule has 0 saturated carbocycles. The molecule has 40 heavy (non-hydrogen) atoms. The van der Waals surface area contributed by atoms with E-state index in [1.54, 1.807) is 6.92 Å². The van der Waals surface area contributed by atoms with Crippen LogP contribution in [-0.2, 0) is 15.8 Å². The Kier molecular flexibility index (Phi) is 7.23. The summed E-state index contributed by atoms with van der Waals surface area (Å²) in [5, 5.41) is 9.20. The zero-order chi connectivity index (χ0) is 29.6. The molecule has 1 fully saturated rings. The summed E-state index contributed by atoms with van der Waals surface area (Å²) in [7, 11) is 0. The van der Waals surface area contributed by atoms with Gasteiger partial charge in [-0.3, -0.25) is 9.59 Å².